The molecule has 1 fully saturated rings. The number of nitrogens with one attached hydrogen (secondary N) is 1. The molecule has 3 nitrogen and oxygen atoms in total. The molecule has 0 aromatic heterocycles. The van der Waals surface area contributed by atoms with E-state index in [-0.39, 0.29) is 0 Å². The van der Waals surface area contributed by atoms with Crippen molar-refractivity contribution in [1.29, 1.82) is 0 Å². The molecule has 0 aliphatic carbocycles. The maximum atomic E-state index is 5.95. The molecular weight excluding hydrogens is 236 g/mol. The van der Waals surface area contributed by atoms with E-state index < -0.39 is 0 Å². The Bertz CT molecular complexity index is 201. The van der Waals surface area contributed by atoms with Gasteiger partial charge in [-0.05, 0) is 51.7 Å². The van der Waals surface area contributed by atoms with Crippen LogP contribution in [0.2, 0.25) is 0 Å². The van der Waals surface area contributed by atoms with Crippen LogP contribution in [-0.4, -0.2) is 50.8 Å². The first-order chi connectivity index (χ1) is 9.18. The van der Waals surface area contributed by atoms with Gasteiger partial charge >= 0.3 is 0 Å². The van der Waals surface area contributed by atoms with Gasteiger partial charge in [0.15, 0.2) is 0 Å². The molecule has 0 unspecified atom stereocenters. The first-order valence-electron chi connectivity index (χ1n) is 8.19. The van der Waals surface area contributed by atoms with Gasteiger partial charge in [0.05, 0.1) is 6.10 Å². The van der Waals surface area contributed by atoms with E-state index in [2.05, 4.69) is 31.1 Å². The van der Waals surface area contributed by atoms with Crippen molar-refractivity contribution >= 4 is 0 Å². The van der Waals surface area contributed by atoms with Crippen LogP contribution in [0, 0.1) is 5.92 Å². The smallest absolute Gasteiger partial charge is 0.0599 e. The van der Waals surface area contributed by atoms with Gasteiger partial charge in [-0.15, -0.1) is 0 Å². The number of rotatable bonds is 10. The first kappa shape index (κ1) is 16.9. The second-order valence-corrected chi connectivity index (χ2v) is 6.39. The van der Waals surface area contributed by atoms with Crippen molar-refractivity contribution in [3.05, 3.63) is 0 Å². The van der Waals surface area contributed by atoms with Crippen LogP contribution in [0.15, 0.2) is 0 Å². The minimum absolute atomic E-state index is 0.531. The molecule has 0 atom stereocenters. The third-order valence-electron chi connectivity index (χ3n) is 3.82. The standard InChI is InChI=1S/C16H34N2O/c1-15(2)14-17-10-6-4-5-7-13-19-16-8-11-18(3)12-9-16/h15-17H,4-14H2,1-3H3. The van der Waals surface area contributed by atoms with Gasteiger partial charge in [0.25, 0.3) is 0 Å². The minimum atomic E-state index is 0.531. The second kappa shape index (κ2) is 10.6. The van der Waals surface area contributed by atoms with Crippen molar-refractivity contribution in [2.24, 2.45) is 5.92 Å². The van der Waals surface area contributed by atoms with E-state index in [1.807, 2.05) is 0 Å². The fraction of sp³-hybridized carbons (Fsp3) is 1.00. The Hall–Kier alpha value is -0.120. The Morgan fingerprint density at radius 1 is 1.11 bits per heavy atom. The van der Waals surface area contributed by atoms with Crippen LogP contribution in [-0.2, 0) is 4.74 Å². The molecule has 114 valence electrons. The maximum Gasteiger partial charge on any atom is 0.0599 e. The summed E-state index contributed by atoms with van der Waals surface area (Å²) in [5.41, 5.74) is 0. The summed E-state index contributed by atoms with van der Waals surface area (Å²) < 4.78 is 5.95. The Morgan fingerprint density at radius 3 is 2.47 bits per heavy atom. The maximum absolute atomic E-state index is 5.95. The summed E-state index contributed by atoms with van der Waals surface area (Å²) in [6, 6.07) is 0. The van der Waals surface area contributed by atoms with E-state index >= 15 is 0 Å². The molecule has 3 heteroatoms. The predicted molar refractivity (Wildman–Crippen MR) is 82.6 cm³/mol. The van der Waals surface area contributed by atoms with Gasteiger partial charge in [-0.3, -0.25) is 0 Å². The van der Waals surface area contributed by atoms with E-state index in [0.29, 0.717) is 6.10 Å². The van der Waals surface area contributed by atoms with E-state index in [9.17, 15) is 0 Å². The highest BCUT2D eigenvalue weighted by Gasteiger charge is 2.16. The first-order valence-corrected chi connectivity index (χ1v) is 8.19. The third-order valence-corrected chi connectivity index (χ3v) is 3.82. The average molecular weight is 270 g/mol. The zero-order chi connectivity index (χ0) is 13.9. The Morgan fingerprint density at radius 2 is 1.79 bits per heavy atom. The van der Waals surface area contributed by atoms with Gasteiger partial charge < -0.3 is 15.0 Å². The molecule has 1 rings (SSSR count). The molecule has 0 aromatic carbocycles. The second-order valence-electron chi connectivity index (χ2n) is 6.39. The zero-order valence-electron chi connectivity index (χ0n) is 13.3. The molecule has 0 spiro atoms. The summed E-state index contributed by atoms with van der Waals surface area (Å²) in [4.78, 5) is 2.39. The number of unbranched alkanes of at least 4 members (excludes halogenated alkanes) is 3. The van der Waals surface area contributed by atoms with Crippen molar-refractivity contribution in [3.8, 4) is 0 Å². The fourth-order valence-corrected chi connectivity index (χ4v) is 2.50. The van der Waals surface area contributed by atoms with Crippen LogP contribution >= 0.6 is 0 Å². The van der Waals surface area contributed by atoms with Crippen LogP contribution < -0.4 is 5.32 Å². The number of piperidine rings is 1. The minimum Gasteiger partial charge on any atom is -0.378 e. The SMILES string of the molecule is CC(C)CNCCCCCCOC1CCN(C)CC1. The van der Waals surface area contributed by atoms with Crippen molar-refractivity contribution in [2.45, 2.75) is 58.5 Å². The Balaban J connectivity index is 1.79. The van der Waals surface area contributed by atoms with Crippen molar-refractivity contribution < 1.29 is 4.74 Å². The molecule has 19 heavy (non-hydrogen) atoms. The topological polar surface area (TPSA) is 24.5 Å². The number of hydrogen-bond donors (Lipinski definition) is 1. The molecular formula is C16H34N2O. The number of nitrogens with zero attached hydrogens (tertiary/aromatic N) is 1. The van der Waals surface area contributed by atoms with Crippen LogP contribution in [0.3, 0.4) is 0 Å². The molecule has 0 aromatic rings. The predicted octanol–water partition coefficient (Wildman–Crippen LogP) is 2.90. The van der Waals surface area contributed by atoms with Crippen LogP contribution in [0.1, 0.15) is 52.4 Å². The monoisotopic (exact) mass is 270 g/mol. The van der Waals surface area contributed by atoms with Gasteiger partial charge in [0.2, 0.25) is 0 Å². The molecule has 1 heterocycles. The lowest BCUT2D eigenvalue weighted by atomic mass is 10.1. The highest BCUT2D eigenvalue weighted by Crippen LogP contribution is 2.12. The van der Waals surface area contributed by atoms with Gasteiger partial charge in [-0.2, -0.15) is 0 Å². The zero-order valence-corrected chi connectivity index (χ0v) is 13.3. The van der Waals surface area contributed by atoms with Crippen molar-refractivity contribution in [3.63, 3.8) is 0 Å². The lowest BCUT2D eigenvalue weighted by Gasteiger charge is -2.28. The molecule has 1 saturated heterocycles. The molecule has 0 amide bonds. The van der Waals surface area contributed by atoms with Crippen LogP contribution in [0.25, 0.3) is 0 Å². The fourth-order valence-electron chi connectivity index (χ4n) is 2.50. The van der Waals surface area contributed by atoms with Crippen molar-refractivity contribution in [1.82, 2.24) is 10.2 Å². The van der Waals surface area contributed by atoms with Crippen LogP contribution in [0.4, 0.5) is 0 Å². The van der Waals surface area contributed by atoms with Gasteiger partial charge in [0.1, 0.15) is 0 Å². The van der Waals surface area contributed by atoms with Crippen molar-refractivity contribution in [2.75, 3.05) is 39.8 Å². The third kappa shape index (κ3) is 9.42. The Labute approximate surface area is 120 Å². The van der Waals surface area contributed by atoms with E-state index in [1.54, 1.807) is 0 Å². The largest absolute Gasteiger partial charge is 0.378 e. The summed E-state index contributed by atoms with van der Waals surface area (Å²) in [6.07, 6.45) is 8.16. The number of likely N-dealkylation sites (tertiary alicyclic amines) is 1. The highest BCUT2D eigenvalue weighted by molar-refractivity contribution is 4.69. The van der Waals surface area contributed by atoms with E-state index in [1.165, 1.54) is 58.2 Å². The average Bonchev–Trinajstić information content (AvgIpc) is 2.38. The molecule has 1 aliphatic rings. The quantitative estimate of drug-likeness (QED) is 0.618. The summed E-state index contributed by atoms with van der Waals surface area (Å²) in [5.74, 6) is 0.767. The van der Waals surface area contributed by atoms with E-state index in [0.717, 1.165) is 19.1 Å². The summed E-state index contributed by atoms with van der Waals surface area (Å²) in [6.45, 7) is 10.2. The highest BCUT2D eigenvalue weighted by atomic mass is 16.5. The summed E-state index contributed by atoms with van der Waals surface area (Å²) in [5, 5.41) is 3.50. The summed E-state index contributed by atoms with van der Waals surface area (Å²) in [7, 11) is 2.20. The number of hydrogen-bond acceptors (Lipinski definition) is 3. The lowest BCUT2D eigenvalue weighted by molar-refractivity contribution is 0.0107. The van der Waals surface area contributed by atoms with Crippen LogP contribution in [0.5, 0.6) is 0 Å². The normalized spacial score (nSPS) is 18.3. The van der Waals surface area contributed by atoms with Gasteiger partial charge in [-0.25, -0.2) is 0 Å². The lowest BCUT2D eigenvalue weighted by Crippen LogP contribution is -2.34. The molecule has 1 aliphatic heterocycles. The molecule has 0 bridgehead atoms. The van der Waals surface area contributed by atoms with Gasteiger partial charge in [-0.1, -0.05) is 26.7 Å². The van der Waals surface area contributed by atoms with E-state index in [4.69, 9.17) is 4.74 Å². The Kier molecular flexibility index (Phi) is 9.48. The molecule has 0 saturated carbocycles. The van der Waals surface area contributed by atoms with Gasteiger partial charge in [0, 0.05) is 19.7 Å². The molecule has 1 N–H and O–H groups in total. The molecule has 0 radical (unpaired) electrons. The summed E-state index contributed by atoms with van der Waals surface area (Å²) >= 11 is 0. The number of ether oxygens (including phenoxy) is 1.